The molecule has 0 saturated carbocycles. The van der Waals surface area contributed by atoms with Gasteiger partial charge in [0.05, 0.1) is 13.2 Å². The van der Waals surface area contributed by atoms with Crippen molar-refractivity contribution in [1.82, 2.24) is 4.90 Å². The maximum absolute atomic E-state index is 6.00. The second kappa shape index (κ2) is 3.67. The van der Waals surface area contributed by atoms with Crippen molar-refractivity contribution in [2.24, 2.45) is 11.7 Å². The van der Waals surface area contributed by atoms with Gasteiger partial charge in [0.1, 0.15) is 0 Å². The van der Waals surface area contributed by atoms with Gasteiger partial charge in [-0.3, -0.25) is 4.90 Å². The number of ether oxygens (including phenoxy) is 1. The fourth-order valence-corrected chi connectivity index (χ4v) is 4.30. The zero-order chi connectivity index (χ0) is 9.54. The number of likely N-dealkylation sites (tertiary alicyclic amines) is 1. The third-order valence-electron chi connectivity index (χ3n) is 3.73. The summed E-state index contributed by atoms with van der Waals surface area (Å²) in [6, 6.07) is 1.12. The van der Waals surface area contributed by atoms with E-state index in [2.05, 4.69) is 16.7 Å². The molecular formula is C10H18N2OS. The molecule has 0 amide bonds. The summed E-state index contributed by atoms with van der Waals surface area (Å²) in [6.45, 7) is 4.10. The lowest BCUT2D eigenvalue weighted by molar-refractivity contribution is 0.165. The Morgan fingerprint density at radius 2 is 2.36 bits per heavy atom. The highest BCUT2D eigenvalue weighted by Crippen LogP contribution is 2.37. The lowest BCUT2D eigenvalue weighted by Crippen LogP contribution is -2.42. The number of thioether (sulfide) groups is 1. The van der Waals surface area contributed by atoms with E-state index >= 15 is 0 Å². The summed E-state index contributed by atoms with van der Waals surface area (Å²) in [5.74, 6) is 1.92. The van der Waals surface area contributed by atoms with Crippen molar-refractivity contribution in [3.05, 3.63) is 0 Å². The molecule has 0 spiro atoms. The first-order valence-electron chi connectivity index (χ1n) is 5.52. The maximum Gasteiger partial charge on any atom is 0.0621 e. The molecule has 0 aromatic heterocycles. The lowest BCUT2D eigenvalue weighted by atomic mass is 10.0. The van der Waals surface area contributed by atoms with Crippen LogP contribution < -0.4 is 5.73 Å². The molecule has 3 heterocycles. The first kappa shape index (κ1) is 9.46. The summed E-state index contributed by atoms with van der Waals surface area (Å²) in [6.07, 6.45) is 1.41. The van der Waals surface area contributed by atoms with Crippen molar-refractivity contribution >= 4 is 11.8 Å². The average Bonchev–Trinajstić information content (AvgIpc) is 2.83. The van der Waals surface area contributed by atoms with E-state index in [1.165, 1.54) is 25.3 Å². The van der Waals surface area contributed by atoms with Crippen LogP contribution in [0.15, 0.2) is 0 Å². The Bertz CT molecular complexity index is 226. The van der Waals surface area contributed by atoms with Crippen molar-refractivity contribution in [2.45, 2.75) is 23.8 Å². The summed E-state index contributed by atoms with van der Waals surface area (Å²) in [5, 5.41) is 0.915. The number of fused-ring (bicyclic) bond motifs is 2. The molecule has 3 aliphatic heterocycles. The highest BCUT2D eigenvalue weighted by Gasteiger charge is 2.40. The van der Waals surface area contributed by atoms with Gasteiger partial charge in [0.25, 0.3) is 0 Å². The Labute approximate surface area is 89.3 Å². The molecule has 3 saturated heterocycles. The quantitative estimate of drug-likeness (QED) is 0.710. The minimum Gasteiger partial charge on any atom is -0.379 e. The van der Waals surface area contributed by atoms with Crippen molar-refractivity contribution in [3.63, 3.8) is 0 Å². The van der Waals surface area contributed by atoms with Gasteiger partial charge in [-0.1, -0.05) is 0 Å². The van der Waals surface area contributed by atoms with Crippen LogP contribution in [0.25, 0.3) is 0 Å². The van der Waals surface area contributed by atoms with Gasteiger partial charge in [-0.25, -0.2) is 0 Å². The first-order valence-corrected chi connectivity index (χ1v) is 6.57. The smallest absolute Gasteiger partial charge is 0.0621 e. The summed E-state index contributed by atoms with van der Waals surface area (Å²) in [5.41, 5.74) is 6.00. The zero-order valence-electron chi connectivity index (χ0n) is 8.39. The monoisotopic (exact) mass is 214 g/mol. The number of hydrogen-bond donors (Lipinski definition) is 1. The molecular weight excluding hydrogens is 196 g/mol. The molecule has 3 rings (SSSR count). The molecule has 14 heavy (non-hydrogen) atoms. The third-order valence-corrected chi connectivity index (χ3v) is 5.12. The van der Waals surface area contributed by atoms with Gasteiger partial charge >= 0.3 is 0 Å². The van der Waals surface area contributed by atoms with Crippen molar-refractivity contribution in [1.29, 1.82) is 0 Å². The molecule has 0 aromatic rings. The SMILES string of the molecule is NC1COCC1CN1CC2CC1CS2. The summed E-state index contributed by atoms with van der Waals surface area (Å²) < 4.78 is 5.40. The number of nitrogens with two attached hydrogens (primary N) is 1. The Balaban J connectivity index is 1.57. The van der Waals surface area contributed by atoms with E-state index in [4.69, 9.17) is 10.5 Å². The van der Waals surface area contributed by atoms with Gasteiger partial charge in [0.2, 0.25) is 0 Å². The average molecular weight is 214 g/mol. The third kappa shape index (κ3) is 1.58. The van der Waals surface area contributed by atoms with Gasteiger partial charge < -0.3 is 10.5 Å². The van der Waals surface area contributed by atoms with Crippen LogP contribution in [0.2, 0.25) is 0 Å². The topological polar surface area (TPSA) is 38.5 Å². The van der Waals surface area contributed by atoms with Crippen LogP contribution in [0.5, 0.6) is 0 Å². The van der Waals surface area contributed by atoms with Crippen molar-refractivity contribution < 1.29 is 4.74 Å². The van der Waals surface area contributed by atoms with Crippen LogP contribution in [0, 0.1) is 5.92 Å². The van der Waals surface area contributed by atoms with Gasteiger partial charge in [-0.2, -0.15) is 11.8 Å². The molecule has 4 heteroatoms. The van der Waals surface area contributed by atoms with E-state index in [0.717, 1.165) is 24.5 Å². The fourth-order valence-electron chi connectivity index (χ4n) is 2.81. The number of nitrogens with zero attached hydrogens (tertiary/aromatic N) is 1. The number of rotatable bonds is 2. The predicted molar refractivity (Wildman–Crippen MR) is 58.5 cm³/mol. The van der Waals surface area contributed by atoms with Crippen LogP contribution in [0.1, 0.15) is 6.42 Å². The highest BCUT2D eigenvalue weighted by molar-refractivity contribution is 8.00. The summed E-state index contributed by atoms with van der Waals surface area (Å²) in [7, 11) is 0. The minimum atomic E-state index is 0.279. The Kier molecular flexibility index (Phi) is 2.48. The molecule has 4 atom stereocenters. The van der Waals surface area contributed by atoms with E-state index in [0.29, 0.717) is 5.92 Å². The van der Waals surface area contributed by atoms with Crippen LogP contribution >= 0.6 is 11.8 Å². The maximum atomic E-state index is 6.00. The zero-order valence-corrected chi connectivity index (χ0v) is 9.21. The summed E-state index contributed by atoms with van der Waals surface area (Å²) in [4.78, 5) is 2.64. The largest absolute Gasteiger partial charge is 0.379 e. The highest BCUT2D eigenvalue weighted by atomic mass is 32.2. The van der Waals surface area contributed by atoms with Crippen molar-refractivity contribution in [2.75, 3.05) is 32.1 Å². The number of hydrogen-bond acceptors (Lipinski definition) is 4. The van der Waals surface area contributed by atoms with Crippen LogP contribution in [-0.2, 0) is 4.74 Å². The van der Waals surface area contributed by atoms with Crippen LogP contribution in [0.4, 0.5) is 0 Å². The van der Waals surface area contributed by atoms with E-state index in [-0.39, 0.29) is 6.04 Å². The molecule has 2 N–H and O–H groups in total. The van der Waals surface area contributed by atoms with Gasteiger partial charge in [-0.05, 0) is 6.42 Å². The lowest BCUT2D eigenvalue weighted by Gasteiger charge is -2.29. The predicted octanol–water partition coefficient (Wildman–Crippen LogP) is 0.150. The van der Waals surface area contributed by atoms with Crippen LogP contribution in [-0.4, -0.2) is 54.3 Å². The standard InChI is InChI=1S/C10H18N2OS/c11-10-5-13-4-7(10)2-12-3-9-1-8(12)6-14-9/h7-10H,1-6,11H2. The van der Waals surface area contributed by atoms with Crippen LogP contribution in [0.3, 0.4) is 0 Å². The van der Waals surface area contributed by atoms with E-state index < -0.39 is 0 Å². The molecule has 80 valence electrons. The molecule has 4 unspecified atom stereocenters. The van der Waals surface area contributed by atoms with Gasteiger partial charge in [0, 0.05) is 42.1 Å². The normalized spacial score (nSPS) is 47.8. The second-order valence-electron chi connectivity index (χ2n) is 4.76. The van der Waals surface area contributed by atoms with E-state index in [1.54, 1.807) is 0 Å². The molecule has 0 radical (unpaired) electrons. The Hall–Kier alpha value is 0.230. The summed E-state index contributed by atoms with van der Waals surface area (Å²) >= 11 is 2.15. The molecule has 2 bridgehead atoms. The fraction of sp³-hybridized carbons (Fsp3) is 1.00. The Morgan fingerprint density at radius 1 is 1.43 bits per heavy atom. The molecule has 0 aromatic carbocycles. The molecule has 3 fully saturated rings. The molecule has 3 aliphatic rings. The van der Waals surface area contributed by atoms with E-state index in [1.807, 2.05) is 0 Å². The minimum absolute atomic E-state index is 0.279. The second-order valence-corrected chi connectivity index (χ2v) is 6.09. The molecule has 3 nitrogen and oxygen atoms in total. The van der Waals surface area contributed by atoms with Gasteiger partial charge in [0.15, 0.2) is 0 Å². The van der Waals surface area contributed by atoms with Crippen molar-refractivity contribution in [3.8, 4) is 0 Å². The van der Waals surface area contributed by atoms with Gasteiger partial charge in [-0.15, -0.1) is 0 Å². The Morgan fingerprint density at radius 3 is 2.93 bits per heavy atom. The first-order chi connectivity index (χ1) is 6.83. The molecule has 0 aliphatic carbocycles. The van der Waals surface area contributed by atoms with E-state index in [9.17, 15) is 0 Å².